The summed E-state index contributed by atoms with van der Waals surface area (Å²) in [5.74, 6) is -1.61. The third-order valence-electron chi connectivity index (χ3n) is 3.73. The van der Waals surface area contributed by atoms with Crippen molar-refractivity contribution >= 4 is 17.6 Å². The second-order valence-electron chi connectivity index (χ2n) is 5.63. The summed E-state index contributed by atoms with van der Waals surface area (Å²) in [4.78, 5) is 35.5. The van der Waals surface area contributed by atoms with Gasteiger partial charge >= 0.3 is 5.97 Å². The molecule has 1 aliphatic rings. The lowest BCUT2D eigenvalue weighted by Gasteiger charge is -2.30. The highest BCUT2D eigenvalue weighted by Crippen LogP contribution is 2.28. The van der Waals surface area contributed by atoms with Crippen molar-refractivity contribution in [1.29, 1.82) is 0 Å². The van der Waals surface area contributed by atoms with E-state index in [1.54, 1.807) is 6.07 Å². The Labute approximate surface area is 132 Å². The minimum absolute atomic E-state index is 0.0423. The molecule has 2 rings (SSSR count). The quantitative estimate of drug-likeness (QED) is 0.666. The number of hydrogen-bond donors (Lipinski definition) is 1. The second kappa shape index (κ2) is 6.74. The highest BCUT2D eigenvalue weighted by Gasteiger charge is 2.30. The molecule has 1 fully saturated rings. The van der Waals surface area contributed by atoms with E-state index in [0.29, 0.717) is 5.56 Å². The Hall–Kier alpha value is -2.48. The first-order valence-corrected chi connectivity index (χ1v) is 7.23. The number of amides is 1. The number of nitrogens with zero attached hydrogens (tertiary/aromatic N) is 2. The summed E-state index contributed by atoms with van der Waals surface area (Å²) in [7, 11) is 0. The van der Waals surface area contributed by atoms with Gasteiger partial charge in [0, 0.05) is 23.7 Å². The molecule has 23 heavy (non-hydrogen) atoms. The summed E-state index contributed by atoms with van der Waals surface area (Å²) in [5.41, 5.74) is 0.623. The maximum Gasteiger partial charge on any atom is 0.334 e. The van der Waals surface area contributed by atoms with E-state index in [1.807, 2.05) is 13.8 Å². The zero-order valence-electron chi connectivity index (χ0n) is 12.9. The number of carbonyl (C=O) groups is 2. The Kier molecular flexibility index (Phi) is 4.95. The molecular weight excluding hydrogens is 304 g/mol. The lowest BCUT2D eigenvalue weighted by molar-refractivity contribution is -0.385. The van der Waals surface area contributed by atoms with Crippen LogP contribution >= 0.6 is 0 Å². The molecule has 1 aliphatic heterocycles. The van der Waals surface area contributed by atoms with E-state index in [2.05, 4.69) is 0 Å². The lowest BCUT2D eigenvalue weighted by Crippen LogP contribution is -2.48. The molecule has 0 aromatic heterocycles. The zero-order valence-corrected chi connectivity index (χ0v) is 12.9. The maximum absolute atomic E-state index is 12.5. The van der Waals surface area contributed by atoms with Crippen LogP contribution in [-0.4, -0.2) is 52.6 Å². The Morgan fingerprint density at radius 2 is 2.13 bits per heavy atom. The van der Waals surface area contributed by atoms with Crippen molar-refractivity contribution in [2.24, 2.45) is 0 Å². The van der Waals surface area contributed by atoms with Crippen molar-refractivity contribution in [3.8, 4) is 0 Å². The summed E-state index contributed by atoms with van der Waals surface area (Å²) in [5, 5.41) is 20.2. The fraction of sp³-hybridized carbons (Fsp3) is 0.467. The number of hydrogen-bond acceptors (Lipinski definition) is 5. The Morgan fingerprint density at radius 3 is 2.70 bits per heavy atom. The molecule has 1 atom stereocenters. The van der Waals surface area contributed by atoms with Crippen molar-refractivity contribution in [2.75, 3.05) is 19.7 Å². The standard InChI is InChI=1S/C15H18N2O6/c1-9(2)11-4-3-10(7-12(11)17(21)22)14(18)16-5-6-23-13(8-16)15(19)20/h3-4,7,9,13H,5-6,8H2,1-2H3,(H,19,20). The van der Waals surface area contributed by atoms with Crippen LogP contribution in [-0.2, 0) is 9.53 Å². The lowest BCUT2D eigenvalue weighted by atomic mass is 9.99. The van der Waals surface area contributed by atoms with Gasteiger partial charge in [-0.15, -0.1) is 0 Å². The summed E-state index contributed by atoms with van der Waals surface area (Å²) in [6.45, 7) is 3.97. The summed E-state index contributed by atoms with van der Waals surface area (Å²) >= 11 is 0. The van der Waals surface area contributed by atoms with Crippen LogP contribution < -0.4 is 0 Å². The van der Waals surface area contributed by atoms with Crippen molar-refractivity contribution in [1.82, 2.24) is 4.90 Å². The molecule has 0 spiro atoms. The van der Waals surface area contributed by atoms with E-state index in [0.717, 1.165) is 0 Å². The predicted octanol–water partition coefficient (Wildman–Crippen LogP) is 1.64. The molecule has 0 aliphatic carbocycles. The fourth-order valence-electron chi connectivity index (χ4n) is 2.49. The van der Waals surface area contributed by atoms with Crippen LogP contribution in [0.25, 0.3) is 0 Å². The first-order chi connectivity index (χ1) is 10.8. The van der Waals surface area contributed by atoms with Gasteiger partial charge in [-0.2, -0.15) is 0 Å². The van der Waals surface area contributed by atoms with E-state index < -0.39 is 22.9 Å². The number of morpholine rings is 1. The molecule has 1 heterocycles. The summed E-state index contributed by atoms with van der Waals surface area (Å²) in [6, 6.07) is 4.37. The molecule has 0 radical (unpaired) electrons. The molecule has 1 amide bonds. The Morgan fingerprint density at radius 1 is 1.43 bits per heavy atom. The molecule has 0 saturated carbocycles. The molecule has 1 aromatic rings. The monoisotopic (exact) mass is 322 g/mol. The molecule has 1 aromatic carbocycles. The first kappa shape index (κ1) is 16.9. The smallest absolute Gasteiger partial charge is 0.334 e. The molecule has 1 saturated heterocycles. The number of carbonyl (C=O) groups excluding carboxylic acids is 1. The number of rotatable bonds is 4. The van der Waals surface area contributed by atoms with Crippen molar-refractivity contribution < 1.29 is 24.4 Å². The van der Waals surface area contributed by atoms with Crippen LogP contribution in [0.4, 0.5) is 5.69 Å². The molecular formula is C15H18N2O6. The maximum atomic E-state index is 12.5. The normalized spacial score (nSPS) is 18.0. The number of benzene rings is 1. The topological polar surface area (TPSA) is 110 Å². The molecule has 8 nitrogen and oxygen atoms in total. The van der Waals surface area contributed by atoms with Crippen LogP contribution in [0.3, 0.4) is 0 Å². The van der Waals surface area contributed by atoms with Gasteiger partial charge < -0.3 is 14.7 Å². The van der Waals surface area contributed by atoms with E-state index in [1.165, 1.54) is 17.0 Å². The van der Waals surface area contributed by atoms with Crippen LogP contribution in [0.5, 0.6) is 0 Å². The molecule has 0 bridgehead atoms. The average molecular weight is 322 g/mol. The molecule has 8 heteroatoms. The van der Waals surface area contributed by atoms with Crippen molar-refractivity contribution in [2.45, 2.75) is 25.9 Å². The minimum atomic E-state index is -1.14. The highest BCUT2D eigenvalue weighted by atomic mass is 16.6. The zero-order chi connectivity index (χ0) is 17.1. The molecule has 124 valence electrons. The van der Waals surface area contributed by atoms with Gasteiger partial charge in [0.05, 0.1) is 18.1 Å². The van der Waals surface area contributed by atoms with Crippen molar-refractivity contribution in [3.05, 3.63) is 39.4 Å². The van der Waals surface area contributed by atoms with Gasteiger partial charge in [-0.3, -0.25) is 14.9 Å². The van der Waals surface area contributed by atoms with Crippen LogP contribution in [0.15, 0.2) is 18.2 Å². The van der Waals surface area contributed by atoms with E-state index in [9.17, 15) is 19.7 Å². The largest absolute Gasteiger partial charge is 0.479 e. The van der Waals surface area contributed by atoms with Gasteiger partial charge in [0.25, 0.3) is 11.6 Å². The van der Waals surface area contributed by atoms with Gasteiger partial charge in [-0.25, -0.2) is 4.79 Å². The van der Waals surface area contributed by atoms with Gasteiger partial charge in [0.2, 0.25) is 0 Å². The molecule has 1 N–H and O–H groups in total. The van der Waals surface area contributed by atoms with Gasteiger partial charge in [0.1, 0.15) is 0 Å². The van der Waals surface area contributed by atoms with E-state index in [-0.39, 0.29) is 36.9 Å². The van der Waals surface area contributed by atoms with E-state index >= 15 is 0 Å². The number of nitro groups is 1. The number of carboxylic acids is 1. The minimum Gasteiger partial charge on any atom is -0.479 e. The first-order valence-electron chi connectivity index (χ1n) is 7.23. The third kappa shape index (κ3) is 3.65. The van der Waals surface area contributed by atoms with Crippen LogP contribution in [0.2, 0.25) is 0 Å². The number of aliphatic carboxylic acids is 1. The number of nitro benzene ring substituents is 1. The molecule has 1 unspecified atom stereocenters. The number of carboxylic acid groups (broad SMARTS) is 1. The van der Waals surface area contributed by atoms with Crippen LogP contribution in [0, 0.1) is 10.1 Å². The third-order valence-corrected chi connectivity index (χ3v) is 3.73. The van der Waals surface area contributed by atoms with Crippen molar-refractivity contribution in [3.63, 3.8) is 0 Å². The Balaban J connectivity index is 2.27. The highest BCUT2D eigenvalue weighted by molar-refractivity contribution is 5.95. The fourth-order valence-corrected chi connectivity index (χ4v) is 2.49. The summed E-state index contributed by atoms with van der Waals surface area (Å²) in [6.07, 6.45) is -1.07. The Bertz CT molecular complexity index is 643. The summed E-state index contributed by atoms with van der Waals surface area (Å²) < 4.78 is 5.07. The van der Waals surface area contributed by atoms with Crippen LogP contribution in [0.1, 0.15) is 35.7 Å². The van der Waals surface area contributed by atoms with Gasteiger partial charge in [0.15, 0.2) is 6.10 Å². The van der Waals surface area contributed by atoms with Gasteiger partial charge in [-0.05, 0) is 12.0 Å². The average Bonchev–Trinajstić information content (AvgIpc) is 2.53. The SMILES string of the molecule is CC(C)c1ccc(C(=O)N2CCOC(C(=O)O)C2)cc1[N+](=O)[O-]. The number of ether oxygens (including phenoxy) is 1. The second-order valence-corrected chi connectivity index (χ2v) is 5.63. The predicted molar refractivity (Wildman–Crippen MR) is 80.5 cm³/mol. The van der Waals surface area contributed by atoms with Gasteiger partial charge in [-0.1, -0.05) is 19.9 Å². The van der Waals surface area contributed by atoms with E-state index in [4.69, 9.17) is 9.84 Å².